The van der Waals surface area contributed by atoms with Crippen molar-refractivity contribution in [2.75, 3.05) is 25.1 Å². The molecule has 0 amide bonds. The third-order valence-electron chi connectivity index (χ3n) is 4.73. The maximum absolute atomic E-state index is 6.08. The number of aromatic nitrogens is 2. The Morgan fingerprint density at radius 3 is 2.61 bits per heavy atom. The third kappa shape index (κ3) is 4.75. The van der Waals surface area contributed by atoms with Gasteiger partial charge in [0.15, 0.2) is 0 Å². The van der Waals surface area contributed by atoms with Gasteiger partial charge in [0.1, 0.15) is 11.9 Å². The van der Waals surface area contributed by atoms with Crippen molar-refractivity contribution in [2.45, 2.75) is 23.2 Å². The Kier molecular flexibility index (Phi) is 5.97. The second-order valence-corrected chi connectivity index (χ2v) is 7.70. The zero-order chi connectivity index (χ0) is 19.2. The van der Waals surface area contributed by atoms with Crippen molar-refractivity contribution in [3.63, 3.8) is 0 Å². The van der Waals surface area contributed by atoms with E-state index in [-0.39, 0.29) is 6.10 Å². The molecule has 1 aliphatic heterocycles. The molecule has 0 spiro atoms. The van der Waals surface area contributed by atoms with Crippen molar-refractivity contribution in [3.8, 4) is 11.6 Å². The number of pyridine rings is 2. The summed E-state index contributed by atoms with van der Waals surface area (Å²) < 4.78 is 11.3. The fourth-order valence-electron chi connectivity index (χ4n) is 3.19. The highest BCUT2D eigenvalue weighted by atomic mass is 32.2. The smallest absolute Gasteiger partial charge is 0.213 e. The zero-order valence-electron chi connectivity index (χ0n) is 15.8. The Balaban J connectivity index is 1.27. The van der Waals surface area contributed by atoms with Crippen LogP contribution in [0.1, 0.15) is 12.0 Å². The molecule has 1 atom stereocenters. The van der Waals surface area contributed by atoms with Gasteiger partial charge in [-0.15, -0.1) is 11.8 Å². The average Bonchev–Trinajstić information content (AvgIpc) is 3.23. The summed E-state index contributed by atoms with van der Waals surface area (Å²) in [5, 5.41) is 0. The summed E-state index contributed by atoms with van der Waals surface area (Å²) in [6, 6.07) is 16.3. The van der Waals surface area contributed by atoms with Crippen LogP contribution in [0.4, 0.5) is 5.69 Å². The second-order valence-electron chi connectivity index (χ2n) is 6.65. The van der Waals surface area contributed by atoms with E-state index in [2.05, 4.69) is 33.1 Å². The average molecular weight is 394 g/mol. The van der Waals surface area contributed by atoms with Crippen LogP contribution >= 0.6 is 11.8 Å². The summed E-state index contributed by atoms with van der Waals surface area (Å²) in [7, 11) is 1.68. The lowest BCUT2D eigenvalue weighted by molar-refractivity contribution is 0.215. The normalized spacial score (nSPS) is 16.2. The maximum atomic E-state index is 6.08. The Morgan fingerprint density at radius 2 is 1.89 bits per heavy atom. The summed E-state index contributed by atoms with van der Waals surface area (Å²) in [6.45, 7) is 1.87. The van der Waals surface area contributed by atoms with Crippen LogP contribution in [0.2, 0.25) is 0 Å². The first-order chi connectivity index (χ1) is 13.8. The van der Waals surface area contributed by atoms with E-state index in [4.69, 9.17) is 9.47 Å². The molecule has 4 rings (SSSR count). The number of hydrogen-bond acceptors (Lipinski definition) is 6. The van der Waals surface area contributed by atoms with Gasteiger partial charge >= 0.3 is 0 Å². The van der Waals surface area contributed by atoms with Crippen molar-refractivity contribution in [3.05, 3.63) is 72.7 Å². The number of hydrogen-bond donors (Lipinski definition) is 0. The molecule has 0 saturated carbocycles. The van der Waals surface area contributed by atoms with E-state index >= 15 is 0 Å². The van der Waals surface area contributed by atoms with E-state index in [1.165, 1.54) is 11.3 Å². The summed E-state index contributed by atoms with van der Waals surface area (Å²) in [5.74, 6) is 2.47. The molecule has 1 aromatic carbocycles. The number of methoxy groups -OCH3 is 1. The highest BCUT2D eigenvalue weighted by molar-refractivity contribution is 7.98. The van der Waals surface area contributed by atoms with Crippen LogP contribution in [0, 0.1) is 0 Å². The largest absolute Gasteiger partial charge is 0.497 e. The minimum atomic E-state index is 0.165. The molecule has 0 N–H and O–H groups in total. The van der Waals surface area contributed by atoms with E-state index in [9.17, 15) is 0 Å². The van der Waals surface area contributed by atoms with Gasteiger partial charge in [-0.05, 0) is 35.9 Å². The molecule has 6 heteroatoms. The molecule has 1 saturated heterocycles. The predicted molar refractivity (Wildman–Crippen MR) is 112 cm³/mol. The SMILES string of the molecule is COc1ccc(CSc2ccc(OC3CCN(c4ccncc4)C3)nc2)cc1. The highest BCUT2D eigenvalue weighted by Crippen LogP contribution is 2.26. The molecule has 144 valence electrons. The van der Waals surface area contributed by atoms with Crippen molar-refractivity contribution in [2.24, 2.45) is 0 Å². The second kappa shape index (κ2) is 8.97. The topological polar surface area (TPSA) is 47.5 Å². The van der Waals surface area contributed by atoms with Crippen LogP contribution in [-0.2, 0) is 5.75 Å². The molecule has 1 unspecified atom stereocenters. The molecule has 3 aromatic rings. The number of rotatable bonds is 7. The van der Waals surface area contributed by atoms with Gasteiger partial charge in [0.2, 0.25) is 5.88 Å². The van der Waals surface area contributed by atoms with Crippen LogP contribution in [0.5, 0.6) is 11.6 Å². The molecule has 3 heterocycles. The first-order valence-electron chi connectivity index (χ1n) is 9.33. The molecule has 0 bridgehead atoms. The van der Waals surface area contributed by atoms with Crippen molar-refractivity contribution in [1.82, 2.24) is 9.97 Å². The fraction of sp³-hybridized carbons (Fsp3) is 0.273. The Labute approximate surface area is 169 Å². The molecular weight excluding hydrogens is 370 g/mol. The number of thioether (sulfide) groups is 1. The molecule has 1 aliphatic rings. The number of anilines is 1. The summed E-state index contributed by atoms with van der Waals surface area (Å²) in [6.07, 6.45) is 6.70. The van der Waals surface area contributed by atoms with Gasteiger partial charge in [-0.25, -0.2) is 4.98 Å². The van der Waals surface area contributed by atoms with Gasteiger partial charge in [-0.2, -0.15) is 0 Å². The van der Waals surface area contributed by atoms with Crippen molar-refractivity contribution < 1.29 is 9.47 Å². The first kappa shape index (κ1) is 18.6. The lowest BCUT2D eigenvalue weighted by Gasteiger charge is -2.18. The number of ether oxygens (including phenoxy) is 2. The van der Waals surface area contributed by atoms with Crippen LogP contribution < -0.4 is 14.4 Å². The van der Waals surface area contributed by atoms with Gasteiger partial charge in [0, 0.05) is 54.0 Å². The van der Waals surface area contributed by atoms with Crippen molar-refractivity contribution in [1.29, 1.82) is 0 Å². The maximum Gasteiger partial charge on any atom is 0.213 e. The Hall–Kier alpha value is -2.73. The summed E-state index contributed by atoms with van der Waals surface area (Å²) in [4.78, 5) is 12.0. The highest BCUT2D eigenvalue weighted by Gasteiger charge is 2.24. The molecule has 0 radical (unpaired) electrons. The van der Waals surface area contributed by atoms with Crippen LogP contribution in [0.15, 0.2) is 72.0 Å². The standard InChI is InChI=1S/C22H23N3O2S/c1-26-19-4-2-17(3-5-19)16-28-21-6-7-22(24-14-21)27-20-10-13-25(15-20)18-8-11-23-12-9-18/h2-9,11-12,14,20H,10,13,15-16H2,1H3. The Bertz CT molecular complexity index is 873. The molecule has 5 nitrogen and oxygen atoms in total. The monoisotopic (exact) mass is 393 g/mol. The summed E-state index contributed by atoms with van der Waals surface area (Å²) >= 11 is 1.76. The van der Waals surface area contributed by atoms with Crippen LogP contribution in [0.3, 0.4) is 0 Å². The zero-order valence-corrected chi connectivity index (χ0v) is 16.6. The molecule has 28 heavy (non-hydrogen) atoms. The van der Waals surface area contributed by atoms with Crippen LogP contribution in [0.25, 0.3) is 0 Å². The van der Waals surface area contributed by atoms with Gasteiger partial charge in [0.25, 0.3) is 0 Å². The van der Waals surface area contributed by atoms with E-state index < -0.39 is 0 Å². The molecule has 2 aromatic heterocycles. The molecular formula is C22H23N3O2S. The van der Waals surface area contributed by atoms with Crippen LogP contribution in [-0.4, -0.2) is 36.3 Å². The Morgan fingerprint density at radius 1 is 1.07 bits per heavy atom. The lowest BCUT2D eigenvalue weighted by atomic mass is 10.2. The van der Waals surface area contributed by atoms with Gasteiger partial charge < -0.3 is 14.4 Å². The summed E-state index contributed by atoms with van der Waals surface area (Å²) in [5.41, 5.74) is 2.45. The van der Waals surface area contributed by atoms with E-state index in [1.807, 2.05) is 48.9 Å². The predicted octanol–water partition coefficient (Wildman–Crippen LogP) is 4.44. The van der Waals surface area contributed by atoms with E-state index in [0.29, 0.717) is 5.88 Å². The van der Waals surface area contributed by atoms with Gasteiger partial charge in [-0.1, -0.05) is 12.1 Å². The van der Waals surface area contributed by atoms with Gasteiger partial charge in [0.05, 0.1) is 13.7 Å². The van der Waals surface area contributed by atoms with E-state index in [0.717, 1.165) is 35.9 Å². The third-order valence-corrected chi connectivity index (χ3v) is 5.79. The molecule has 1 fully saturated rings. The van der Waals surface area contributed by atoms with E-state index in [1.54, 1.807) is 18.9 Å². The number of benzene rings is 1. The molecule has 0 aliphatic carbocycles. The first-order valence-corrected chi connectivity index (χ1v) is 10.3. The fourth-order valence-corrected chi connectivity index (χ4v) is 4.01. The number of nitrogens with zero attached hydrogens (tertiary/aromatic N) is 3. The minimum Gasteiger partial charge on any atom is -0.497 e. The lowest BCUT2D eigenvalue weighted by Crippen LogP contribution is -2.24. The van der Waals surface area contributed by atoms with Crippen molar-refractivity contribution >= 4 is 17.4 Å². The minimum absolute atomic E-state index is 0.165. The van der Waals surface area contributed by atoms with Gasteiger partial charge in [-0.3, -0.25) is 4.98 Å². The quantitative estimate of drug-likeness (QED) is 0.553.